The van der Waals surface area contributed by atoms with Crippen molar-refractivity contribution in [3.05, 3.63) is 59.4 Å². The summed E-state index contributed by atoms with van der Waals surface area (Å²) in [6.45, 7) is 0. The third kappa shape index (κ3) is 3.50. The minimum atomic E-state index is -4.62. The van der Waals surface area contributed by atoms with Crippen molar-refractivity contribution in [2.45, 2.75) is 25.1 Å². The van der Waals surface area contributed by atoms with E-state index in [0.29, 0.717) is 5.56 Å². The lowest BCUT2D eigenvalue weighted by Crippen LogP contribution is -2.54. The number of nitrogens with zero attached hydrogens (tertiary/aromatic N) is 5. The van der Waals surface area contributed by atoms with Gasteiger partial charge in [0.15, 0.2) is 5.82 Å². The summed E-state index contributed by atoms with van der Waals surface area (Å²) in [4.78, 5) is 53.7. The van der Waals surface area contributed by atoms with E-state index in [0.717, 1.165) is 15.6 Å². The maximum atomic E-state index is 13.0. The number of carbonyl (C=O) groups excluding carboxylic acids is 4. The molecule has 1 N–H and O–H groups in total. The summed E-state index contributed by atoms with van der Waals surface area (Å²) >= 11 is 0. The van der Waals surface area contributed by atoms with Gasteiger partial charge in [0.25, 0.3) is 11.8 Å². The molecule has 34 heavy (non-hydrogen) atoms. The van der Waals surface area contributed by atoms with Crippen LogP contribution in [0.15, 0.2) is 42.6 Å². The fourth-order valence-electron chi connectivity index (χ4n) is 3.85. The third-order valence-electron chi connectivity index (χ3n) is 5.49. The number of piperidine rings is 1. The second-order valence-corrected chi connectivity index (χ2v) is 7.63. The zero-order chi connectivity index (χ0) is 24.2. The van der Waals surface area contributed by atoms with Gasteiger partial charge in [0.1, 0.15) is 17.4 Å². The molecule has 0 spiro atoms. The van der Waals surface area contributed by atoms with Crippen molar-refractivity contribution in [2.24, 2.45) is 0 Å². The first-order valence-corrected chi connectivity index (χ1v) is 9.96. The van der Waals surface area contributed by atoms with Gasteiger partial charge in [-0.3, -0.25) is 29.4 Å². The molecule has 3 aromatic rings. The van der Waals surface area contributed by atoms with Gasteiger partial charge in [0, 0.05) is 12.0 Å². The highest BCUT2D eigenvalue weighted by Gasteiger charge is 2.44. The van der Waals surface area contributed by atoms with E-state index in [1.165, 1.54) is 36.5 Å². The van der Waals surface area contributed by atoms with E-state index in [2.05, 4.69) is 20.6 Å². The third-order valence-corrected chi connectivity index (χ3v) is 5.49. The Kier molecular flexibility index (Phi) is 4.77. The maximum Gasteiger partial charge on any atom is 0.433 e. The predicted octanol–water partition coefficient (Wildman–Crippen LogP) is 1.75. The first kappa shape index (κ1) is 21.4. The Balaban J connectivity index is 1.44. The second-order valence-electron chi connectivity index (χ2n) is 7.63. The highest BCUT2D eigenvalue weighted by Crippen LogP contribution is 2.31. The van der Waals surface area contributed by atoms with Crippen molar-refractivity contribution < 1.29 is 32.3 Å². The van der Waals surface area contributed by atoms with E-state index in [1.54, 1.807) is 0 Å². The lowest BCUT2D eigenvalue weighted by molar-refractivity contribution is -0.141. The van der Waals surface area contributed by atoms with Gasteiger partial charge in [-0.25, -0.2) is 9.67 Å². The molecule has 13 heteroatoms. The van der Waals surface area contributed by atoms with Gasteiger partial charge in [-0.1, -0.05) is 17.3 Å². The number of halogens is 3. The molecular formula is C21H13F3N6O4. The number of rotatable bonds is 3. The molecule has 0 saturated carbocycles. The lowest BCUT2D eigenvalue weighted by Gasteiger charge is -2.27. The van der Waals surface area contributed by atoms with E-state index in [9.17, 15) is 32.3 Å². The molecule has 2 aliphatic rings. The van der Waals surface area contributed by atoms with Crippen LogP contribution in [0.1, 0.15) is 39.3 Å². The number of pyridine rings is 1. The number of carbonyl (C=O) groups is 4. The van der Waals surface area contributed by atoms with Crippen LogP contribution < -0.4 is 5.32 Å². The molecule has 0 aliphatic carbocycles. The minimum Gasteiger partial charge on any atom is -0.295 e. The Bertz CT molecular complexity index is 1380. The van der Waals surface area contributed by atoms with Gasteiger partial charge in [-0.05, 0) is 30.7 Å². The van der Waals surface area contributed by atoms with Crippen molar-refractivity contribution in [1.29, 1.82) is 0 Å². The molecule has 1 saturated heterocycles. The van der Waals surface area contributed by atoms with Crippen LogP contribution in [-0.4, -0.2) is 54.5 Å². The summed E-state index contributed by atoms with van der Waals surface area (Å²) in [5.74, 6) is -2.65. The van der Waals surface area contributed by atoms with E-state index >= 15 is 0 Å². The van der Waals surface area contributed by atoms with Crippen molar-refractivity contribution in [1.82, 2.24) is 30.2 Å². The number of fused-ring (bicyclic) bond motifs is 1. The largest absolute Gasteiger partial charge is 0.433 e. The topological polar surface area (TPSA) is 127 Å². The van der Waals surface area contributed by atoms with Gasteiger partial charge in [0.05, 0.1) is 17.3 Å². The van der Waals surface area contributed by atoms with E-state index < -0.39 is 41.5 Å². The Hall–Kier alpha value is -4.42. The van der Waals surface area contributed by atoms with Crippen molar-refractivity contribution >= 4 is 23.6 Å². The summed E-state index contributed by atoms with van der Waals surface area (Å²) in [5.41, 5.74) is -0.355. The average molecular weight is 470 g/mol. The minimum absolute atomic E-state index is 0.00173. The van der Waals surface area contributed by atoms with Crippen LogP contribution in [0.25, 0.3) is 17.1 Å². The van der Waals surface area contributed by atoms with Gasteiger partial charge in [-0.2, -0.15) is 13.2 Å². The Morgan fingerprint density at radius 1 is 1.00 bits per heavy atom. The predicted molar refractivity (Wildman–Crippen MR) is 106 cm³/mol. The molecule has 2 aliphatic heterocycles. The number of nitrogens with one attached hydrogen (secondary N) is 1. The molecule has 1 fully saturated rings. The standard InChI is InChI=1S/C21H13F3N6O4/c22-21(23,24)15-2-1-3-16(25-15)29-9-13(27-28-29)10-4-5-11-12(8-10)20(34)30(19(11)33)14-6-7-17(31)26-18(14)32/h1-5,8-9,14H,6-7H2,(H,26,31,32). The fourth-order valence-corrected chi connectivity index (χ4v) is 3.85. The quantitative estimate of drug-likeness (QED) is 0.578. The molecule has 1 aromatic carbocycles. The number of imide groups is 2. The molecule has 4 amide bonds. The van der Waals surface area contributed by atoms with Crippen molar-refractivity contribution in [2.75, 3.05) is 0 Å². The zero-order valence-electron chi connectivity index (χ0n) is 17.0. The van der Waals surface area contributed by atoms with Crippen LogP contribution in [0, 0.1) is 0 Å². The number of aromatic nitrogens is 4. The van der Waals surface area contributed by atoms with Gasteiger partial charge < -0.3 is 0 Å². The summed E-state index contributed by atoms with van der Waals surface area (Å²) < 4.78 is 39.9. The summed E-state index contributed by atoms with van der Waals surface area (Å²) in [6, 6.07) is 6.56. The van der Waals surface area contributed by atoms with E-state index in [1.807, 2.05) is 0 Å². The van der Waals surface area contributed by atoms with Crippen molar-refractivity contribution in [3.63, 3.8) is 0 Å². The van der Waals surface area contributed by atoms with Gasteiger partial charge >= 0.3 is 6.18 Å². The van der Waals surface area contributed by atoms with E-state index in [4.69, 9.17) is 0 Å². The molecule has 0 bridgehead atoms. The van der Waals surface area contributed by atoms with Crippen LogP contribution in [0.4, 0.5) is 13.2 Å². The number of amides is 4. The number of alkyl halides is 3. The molecule has 5 rings (SSSR count). The molecule has 1 atom stereocenters. The van der Waals surface area contributed by atoms with Crippen LogP contribution in [0.5, 0.6) is 0 Å². The summed E-state index contributed by atoms with van der Waals surface area (Å²) in [5, 5.41) is 9.86. The molecule has 1 unspecified atom stereocenters. The van der Waals surface area contributed by atoms with Gasteiger partial charge in [0.2, 0.25) is 11.8 Å². The molecule has 0 radical (unpaired) electrons. The molecule has 10 nitrogen and oxygen atoms in total. The average Bonchev–Trinajstić information content (AvgIpc) is 3.38. The zero-order valence-corrected chi connectivity index (χ0v) is 17.0. The Labute approximate surface area is 188 Å². The highest BCUT2D eigenvalue weighted by molar-refractivity contribution is 6.23. The lowest BCUT2D eigenvalue weighted by atomic mass is 10.0. The number of hydrogen-bond donors (Lipinski definition) is 1. The van der Waals surface area contributed by atoms with Crippen LogP contribution in [0.3, 0.4) is 0 Å². The molecule has 172 valence electrons. The maximum absolute atomic E-state index is 13.0. The van der Waals surface area contributed by atoms with Crippen LogP contribution >= 0.6 is 0 Å². The number of benzene rings is 1. The monoisotopic (exact) mass is 470 g/mol. The SMILES string of the molecule is O=C1CCC(N2C(=O)c3ccc(-c4cn(-c5cccc(C(F)(F)F)n5)nn4)cc3C2=O)C(=O)N1. The second kappa shape index (κ2) is 7.57. The van der Waals surface area contributed by atoms with Crippen molar-refractivity contribution in [3.8, 4) is 17.1 Å². The van der Waals surface area contributed by atoms with Gasteiger partial charge in [-0.15, -0.1) is 5.10 Å². The molecule has 2 aromatic heterocycles. The van der Waals surface area contributed by atoms with Crippen LogP contribution in [0.2, 0.25) is 0 Å². The first-order valence-electron chi connectivity index (χ1n) is 9.96. The molecular weight excluding hydrogens is 457 g/mol. The van der Waals surface area contributed by atoms with E-state index in [-0.39, 0.29) is 35.5 Å². The summed E-state index contributed by atoms with van der Waals surface area (Å²) in [6.07, 6.45) is -3.26. The fraction of sp³-hybridized carbons (Fsp3) is 0.190. The first-order chi connectivity index (χ1) is 16.1. The summed E-state index contributed by atoms with van der Waals surface area (Å²) in [7, 11) is 0. The van der Waals surface area contributed by atoms with Crippen LogP contribution in [-0.2, 0) is 15.8 Å². The number of hydrogen-bond acceptors (Lipinski definition) is 7. The Morgan fingerprint density at radius 2 is 1.76 bits per heavy atom. The smallest absolute Gasteiger partial charge is 0.295 e. The molecule has 4 heterocycles. The normalized spacial score (nSPS) is 18.3. The Morgan fingerprint density at radius 3 is 2.50 bits per heavy atom. The highest BCUT2D eigenvalue weighted by atomic mass is 19.4.